The van der Waals surface area contributed by atoms with Crippen molar-refractivity contribution in [2.45, 2.75) is 60.8 Å². The Labute approximate surface area is 84.1 Å². The van der Waals surface area contributed by atoms with E-state index in [1.165, 1.54) is 19.3 Å². The standard InChI is InChI=1S/C13H26/c1-7-11(8-2)10(3)13(6)9-12(13,4)5/h10-11H,7-9H2,1-6H3. The molecule has 0 aliphatic heterocycles. The highest BCUT2D eigenvalue weighted by molar-refractivity contribution is 5.09. The van der Waals surface area contributed by atoms with Gasteiger partial charge in [-0.25, -0.2) is 0 Å². The van der Waals surface area contributed by atoms with E-state index >= 15 is 0 Å². The predicted octanol–water partition coefficient (Wildman–Crippen LogP) is 4.49. The molecule has 1 fully saturated rings. The summed E-state index contributed by atoms with van der Waals surface area (Å²) in [5, 5.41) is 0. The fraction of sp³-hybridized carbons (Fsp3) is 1.00. The highest BCUT2D eigenvalue weighted by atomic mass is 14.6. The van der Waals surface area contributed by atoms with Gasteiger partial charge in [-0.15, -0.1) is 0 Å². The van der Waals surface area contributed by atoms with E-state index in [-0.39, 0.29) is 0 Å². The van der Waals surface area contributed by atoms with E-state index in [1.807, 2.05) is 0 Å². The van der Waals surface area contributed by atoms with E-state index < -0.39 is 0 Å². The van der Waals surface area contributed by atoms with Gasteiger partial charge in [0.2, 0.25) is 0 Å². The van der Waals surface area contributed by atoms with Crippen molar-refractivity contribution in [3.05, 3.63) is 0 Å². The van der Waals surface area contributed by atoms with Gasteiger partial charge in [-0.1, -0.05) is 54.4 Å². The van der Waals surface area contributed by atoms with E-state index in [0.717, 1.165) is 11.8 Å². The first-order valence-corrected chi connectivity index (χ1v) is 5.89. The molecule has 0 aromatic heterocycles. The maximum absolute atomic E-state index is 2.48. The molecular formula is C13H26. The summed E-state index contributed by atoms with van der Waals surface area (Å²) in [7, 11) is 0. The lowest BCUT2D eigenvalue weighted by Gasteiger charge is -2.30. The molecule has 0 aromatic carbocycles. The Balaban J connectivity index is 2.63. The molecule has 0 heterocycles. The molecule has 0 spiro atoms. The van der Waals surface area contributed by atoms with Crippen LogP contribution in [0.1, 0.15) is 60.8 Å². The summed E-state index contributed by atoms with van der Waals surface area (Å²) >= 11 is 0. The third-order valence-corrected chi connectivity index (χ3v) is 4.99. The van der Waals surface area contributed by atoms with Crippen molar-refractivity contribution in [1.82, 2.24) is 0 Å². The van der Waals surface area contributed by atoms with Crippen LogP contribution in [0.2, 0.25) is 0 Å². The minimum absolute atomic E-state index is 0.606. The molecule has 1 rings (SSSR count). The molecule has 0 aromatic rings. The normalized spacial score (nSPS) is 33.5. The zero-order chi connectivity index (χ0) is 10.3. The Hall–Kier alpha value is 0. The number of hydrogen-bond acceptors (Lipinski definition) is 0. The number of hydrogen-bond donors (Lipinski definition) is 0. The molecule has 0 heteroatoms. The van der Waals surface area contributed by atoms with Gasteiger partial charge in [-0.2, -0.15) is 0 Å². The minimum Gasteiger partial charge on any atom is -0.0651 e. The Kier molecular flexibility index (Phi) is 2.81. The van der Waals surface area contributed by atoms with Gasteiger partial charge in [-0.05, 0) is 29.1 Å². The van der Waals surface area contributed by atoms with Crippen LogP contribution in [-0.2, 0) is 0 Å². The van der Waals surface area contributed by atoms with Gasteiger partial charge in [0.05, 0.1) is 0 Å². The van der Waals surface area contributed by atoms with Gasteiger partial charge in [0.15, 0.2) is 0 Å². The zero-order valence-electron chi connectivity index (χ0n) is 10.3. The second kappa shape index (κ2) is 3.29. The van der Waals surface area contributed by atoms with Crippen molar-refractivity contribution < 1.29 is 0 Å². The monoisotopic (exact) mass is 182 g/mol. The smallest absolute Gasteiger partial charge is 0.0241 e. The summed E-state index contributed by atoms with van der Waals surface area (Å²) in [5.41, 5.74) is 1.23. The van der Waals surface area contributed by atoms with Crippen LogP contribution in [0.3, 0.4) is 0 Å². The van der Waals surface area contributed by atoms with Crippen molar-refractivity contribution >= 4 is 0 Å². The average Bonchev–Trinajstić information content (AvgIpc) is 2.55. The van der Waals surface area contributed by atoms with E-state index in [4.69, 9.17) is 0 Å². The molecule has 0 nitrogen and oxygen atoms in total. The van der Waals surface area contributed by atoms with Gasteiger partial charge < -0.3 is 0 Å². The van der Waals surface area contributed by atoms with Crippen molar-refractivity contribution in [3.8, 4) is 0 Å². The third kappa shape index (κ3) is 1.65. The lowest BCUT2D eigenvalue weighted by Crippen LogP contribution is -2.22. The third-order valence-electron chi connectivity index (χ3n) is 4.99. The molecule has 0 amide bonds. The SMILES string of the molecule is CCC(CC)C(C)C1(C)CC1(C)C. The van der Waals surface area contributed by atoms with Crippen LogP contribution in [0.4, 0.5) is 0 Å². The van der Waals surface area contributed by atoms with Crippen LogP contribution < -0.4 is 0 Å². The fourth-order valence-electron chi connectivity index (χ4n) is 3.17. The van der Waals surface area contributed by atoms with Crippen molar-refractivity contribution in [2.75, 3.05) is 0 Å². The Morgan fingerprint density at radius 1 is 1.08 bits per heavy atom. The molecule has 0 bridgehead atoms. The first-order valence-electron chi connectivity index (χ1n) is 5.89. The summed E-state index contributed by atoms with van der Waals surface area (Å²) in [6.07, 6.45) is 4.13. The molecule has 0 radical (unpaired) electrons. The summed E-state index contributed by atoms with van der Waals surface area (Å²) in [6, 6.07) is 0. The lowest BCUT2D eigenvalue weighted by atomic mass is 9.75. The van der Waals surface area contributed by atoms with E-state index in [2.05, 4.69) is 41.5 Å². The van der Waals surface area contributed by atoms with E-state index in [1.54, 1.807) is 0 Å². The Morgan fingerprint density at radius 3 is 1.69 bits per heavy atom. The lowest BCUT2D eigenvalue weighted by molar-refractivity contribution is 0.191. The van der Waals surface area contributed by atoms with Crippen LogP contribution >= 0.6 is 0 Å². The van der Waals surface area contributed by atoms with Crippen LogP contribution in [0, 0.1) is 22.7 Å². The zero-order valence-corrected chi connectivity index (χ0v) is 10.3. The molecule has 13 heavy (non-hydrogen) atoms. The van der Waals surface area contributed by atoms with Crippen LogP contribution in [-0.4, -0.2) is 0 Å². The Morgan fingerprint density at radius 2 is 1.46 bits per heavy atom. The van der Waals surface area contributed by atoms with Gasteiger partial charge >= 0.3 is 0 Å². The molecule has 1 aliphatic rings. The van der Waals surface area contributed by atoms with Gasteiger partial charge in [-0.3, -0.25) is 0 Å². The maximum atomic E-state index is 2.48. The molecular weight excluding hydrogens is 156 g/mol. The average molecular weight is 182 g/mol. The molecule has 1 aliphatic carbocycles. The summed E-state index contributed by atoms with van der Waals surface area (Å²) < 4.78 is 0. The highest BCUT2D eigenvalue weighted by Crippen LogP contribution is 2.68. The van der Waals surface area contributed by atoms with E-state index in [9.17, 15) is 0 Å². The first kappa shape index (κ1) is 11.1. The summed E-state index contributed by atoms with van der Waals surface area (Å²) in [4.78, 5) is 0. The van der Waals surface area contributed by atoms with Crippen molar-refractivity contribution in [3.63, 3.8) is 0 Å². The summed E-state index contributed by atoms with van der Waals surface area (Å²) in [5.74, 6) is 1.84. The molecule has 0 N–H and O–H groups in total. The molecule has 2 unspecified atom stereocenters. The fourth-order valence-corrected chi connectivity index (χ4v) is 3.17. The molecule has 78 valence electrons. The van der Waals surface area contributed by atoms with Crippen LogP contribution in [0.15, 0.2) is 0 Å². The van der Waals surface area contributed by atoms with Gasteiger partial charge in [0.1, 0.15) is 0 Å². The highest BCUT2D eigenvalue weighted by Gasteiger charge is 2.60. The first-order chi connectivity index (χ1) is 5.89. The maximum Gasteiger partial charge on any atom is -0.0241 e. The van der Waals surface area contributed by atoms with E-state index in [0.29, 0.717) is 10.8 Å². The second-order valence-electron chi connectivity index (χ2n) is 5.84. The predicted molar refractivity (Wildman–Crippen MR) is 59.7 cm³/mol. The van der Waals surface area contributed by atoms with Crippen molar-refractivity contribution in [1.29, 1.82) is 0 Å². The van der Waals surface area contributed by atoms with Crippen molar-refractivity contribution in [2.24, 2.45) is 22.7 Å². The molecule has 1 saturated carbocycles. The molecule has 2 atom stereocenters. The topological polar surface area (TPSA) is 0 Å². The quantitative estimate of drug-likeness (QED) is 0.600. The number of rotatable bonds is 4. The van der Waals surface area contributed by atoms with Gasteiger partial charge in [0.25, 0.3) is 0 Å². The van der Waals surface area contributed by atoms with Crippen LogP contribution in [0.25, 0.3) is 0 Å². The minimum atomic E-state index is 0.606. The summed E-state index contributed by atoms with van der Waals surface area (Å²) in [6.45, 7) is 14.5. The second-order valence-corrected chi connectivity index (χ2v) is 5.84. The molecule has 0 saturated heterocycles. The van der Waals surface area contributed by atoms with Crippen LogP contribution in [0.5, 0.6) is 0 Å². The largest absolute Gasteiger partial charge is 0.0651 e. The Bertz CT molecular complexity index is 176. The van der Waals surface area contributed by atoms with Gasteiger partial charge in [0, 0.05) is 0 Å².